The highest BCUT2D eigenvalue weighted by molar-refractivity contribution is 5.74. The summed E-state index contributed by atoms with van der Waals surface area (Å²) in [5.41, 5.74) is 1.84. The molecule has 8 heteroatoms. The van der Waals surface area contributed by atoms with Crippen LogP contribution in [0.4, 0.5) is 0 Å². The van der Waals surface area contributed by atoms with Gasteiger partial charge in [-0.25, -0.2) is 0 Å². The van der Waals surface area contributed by atoms with Gasteiger partial charge in [-0.1, -0.05) is 87.4 Å². The van der Waals surface area contributed by atoms with Gasteiger partial charge in [-0.2, -0.15) is 0 Å². The molecular formula is C38H52O8. The van der Waals surface area contributed by atoms with Crippen LogP contribution >= 0.6 is 0 Å². The Kier molecular flexibility index (Phi) is 12.7. The second kappa shape index (κ2) is 16.9. The van der Waals surface area contributed by atoms with Crippen LogP contribution in [-0.4, -0.2) is 59.8 Å². The maximum absolute atomic E-state index is 13.0. The van der Waals surface area contributed by atoms with Crippen LogP contribution in [0.2, 0.25) is 0 Å². The molecule has 2 aromatic rings. The third-order valence-electron chi connectivity index (χ3n) is 10.3. The summed E-state index contributed by atoms with van der Waals surface area (Å²) >= 11 is 0. The molecule has 252 valence electrons. The molecule has 0 radical (unpaired) electrons. The number of hydrogen-bond donors (Lipinski definition) is 2. The van der Waals surface area contributed by atoms with Crippen LogP contribution in [0.1, 0.15) is 76.3 Å². The van der Waals surface area contributed by atoms with E-state index in [4.69, 9.17) is 18.9 Å². The lowest BCUT2D eigenvalue weighted by Crippen LogP contribution is -2.46. The van der Waals surface area contributed by atoms with Crippen molar-refractivity contribution in [2.24, 2.45) is 35.5 Å². The van der Waals surface area contributed by atoms with Crippen molar-refractivity contribution in [1.82, 2.24) is 0 Å². The van der Waals surface area contributed by atoms with Crippen LogP contribution in [0.25, 0.3) is 0 Å². The van der Waals surface area contributed by atoms with Gasteiger partial charge >= 0.3 is 11.9 Å². The SMILES string of the molecule is CC1CC(COC2CCCCC2OCC2CC(C)CC(C(=O)OCc3ccccc3)C2O)C(O)C(C(=O)OCc2ccccc2)C1. The lowest BCUT2D eigenvalue weighted by Gasteiger charge is -2.40. The number of hydrogen-bond acceptors (Lipinski definition) is 8. The number of benzene rings is 2. The van der Waals surface area contributed by atoms with Gasteiger partial charge in [0, 0.05) is 11.8 Å². The van der Waals surface area contributed by atoms with Crippen LogP contribution in [0, 0.1) is 35.5 Å². The number of carbonyl (C=O) groups excluding carboxylic acids is 2. The van der Waals surface area contributed by atoms with Crippen LogP contribution < -0.4 is 0 Å². The standard InChI is InChI=1S/C38H52O8/c1-25-17-29(35(39)31(19-25)37(41)45-21-27-11-5-3-6-12-27)23-43-33-15-9-10-16-34(33)44-24-30-18-26(2)20-32(36(30)40)38(42)46-22-28-13-7-4-8-14-28/h3-8,11-14,25-26,29-36,39-40H,9-10,15-24H2,1-2H3. The first-order chi connectivity index (χ1) is 22.3. The number of esters is 2. The molecule has 0 heterocycles. The van der Waals surface area contributed by atoms with Gasteiger partial charge in [-0.05, 0) is 61.5 Å². The molecule has 8 nitrogen and oxygen atoms in total. The van der Waals surface area contributed by atoms with Crippen LogP contribution in [0.5, 0.6) is 0 Å². The fourth-order valence-corrected chi connectivity index (χ4v) is 7.72. The van der Waals surface area contributed by atoms with Crippen molar-refractivity contribution in [3.63, 3.8) is 0 Å². The summed E-state index contributed by atoms with van der Waals surface area (Å²) in [5, 5.41) is 22.5. The lowest BCUT2D eigenvalue weighted by molar-refractivity contribution is -0.167. The second-order valence-electron chi connectivity index (χ2n) is 14.1. The minimum absolute atomic E-state index is 0.119. The summed E-state index contributed by atoms with van der Waals surface area (Å²) in [6.45, 7) is 5.34. The number of aliphatic hydroxyl groups is 2. The van der Waals surface area contributed by atoms with Gasteiger partial charge in [-0.15, -0.1) is 0 Å². The van der Waals surface area contributed by atoms with Crippen molar-refractivity contribution >= 4 is 11.9 Å². The molecular weight excluding hydrogens is 584 g/mol. The Labute approximate surface area is 273 Å². The maximum atomic E-state index is 13.0. The largest absolute Gasteiger partial charge is 0.461 e. The zero-order valence-corrected chi connectivity index (χ0v) is 27.4. The summed E-state index contributed by atoms with van der Waals surface area (Å²) in [7, 11) is 0. The van der Waals surface area contributed by atoms with Crippen molar-refractivity contribution in [3.8, 4) is 0 Å². The highest BCUT2D eigenvalue weighted by Crippen LogP contribution is 2.37. The molecule has 5 rings (SSSR count). The van der Waals surface area contributed by atoms with Crippen molar-refractivity contribution in [3.05, 3.63) is 71.8 Å². The molecule has 0 spiro atoms. The molecule has 10 unspecified atom stereocenters. The van der Waals surface area contributed by atoms with Gasteiger partial charge in [0.25, 0.3) is 0 Å². The first-order valence-electron chi connectivity index (χ1n) is 17.3. The zero-order chi connectivity index (χ0) is 32.5. The van der Waals surface area contributed by atoms with Crippen molar-refractivity contribution in [2.75, 3.05) is 13.2 Å². The highest BCUT2D eigenvalue weighted by atomic mass is 16.5. The van der Waals surface area contributed by atoms with Gasteiger partial charge in [-0.3, -0.25) is 9.59 Å². The average Bonchev–Trinajstić information content (AvgIpc) is 3.07. The maximum Gasteiger partial charge on any atom is 0.311 e. The van der Waals surface area contributed by atoms with E-state index in [1.165, 1.54) is 0 Å². The second-order valence-corrected chi connectivity index (χ2v) is 14.1. The van der Waals surface area contributed by atoms with E-state index in [9.17, 15) is 19.8 Å². The fraction of sp³-hybridized carbons (Fsp3) is 0.632. The molecule has 2 aromatic carbocycles. The quantitative estimate of drug-likeness (QED) is 0.279. The first kappa shape index (κ1) is 34.6. The topological polar surface area (TPSA) is 112 Å². The summed E-state index contributed by atoms with van der Waals surface area (Å²) in [4.78, 5) is 26.0. The number of ether oxygens (including phenoxy) is 4. The zero-order valence-electron chi connectivity index (χ0n) is 27.4. The Morgan fingerprint density at radius 3 is 1.41 bits per heavy atom. The van der Waals surface area contributed by atoms with E-state index in [2.05, 4.69) is 13.8 Å². The summed E-state index contributed by atoms with van der Waals surface area (Å²) in [6.07, 6.45) is 4.71. The van der Waals surface area contributed by atoms with Gasteiger partial charge in [0.2, 0.25) is 0 Å². The normalized spacial score (nSPS) is 33.2. The molecule has 0 amide bonds. The van der Waals surface area contributed by atoms with E-state index in [0.29, 0.717) is 26.1 Å². The molecule has 10 atom stereocenters. The van der Waals surface area contributed by atoms with Crippen LogP contribution in [0.15, 0.2) is 60.7 Å². The van der Waals surface area contributed by atoms with Crippen LogP contribution in [-0.2, 0) is 41.8 Å². The molecule has 3 aliphatic carbocycles. The molecule has 0 aromatic heterocycles. The predicted octanol–water partition coefficient (Wildman–Crippen LogP) is 5.86. The molecule has 3 fully saturated rings. The monoisotopic (exact) mass is 636 g/mol. The van der Waals surface area contributed by atoms with E-state index in [1.54, 1.807) is 0 Å². The summed E-state index contributed by atoms with van der Waals surface area (Å²) < 4.78 is 24.1. The Morgan fingerprint density at radius 2 is 1.02 bits per heavy atom. The predicted molar refractivity (Wildman–Crippen MR) is 173 cm³/mol. The summed E-state index contributed by atoms with van der Waals surface area (Å²) in [5.74, 6) is -1.63. The third kappa shape index (κ3) is 9.40. The van der Waals surface area contributed by atoms with E-state index >= 15 is 0 Å². The number of rotatable bonds is 12. The molecule has 3 aliphatic rings. The third-order valence-corrected chi connectivity index (χ3v) is 10.3. The minimum atomic E-state index is -0.820. The molecule has 0 aliphatic heterocycles. The molecule has 0 bridgehead atoms. The van der Waals surface area contributed by atoms with E-state index in [0.717, 1.165) is 49.7 Å². The fourth-order valence-electron chi connectivity index (χ4n) is 7.72. The Bertz CT molecular complexity index is 1130. The summed E-state index contributed by atoms with van der Waals surface area (Å²) in [6, 6.07) is 19.2. The van der Waals surface area contributed by atoms with Gasteiger partial charge in [0.1, 0.15) is 13.2 Å². The molecule has 2 N–H and O–H groups in total. The van der Waals surface area contributed by atoms with Crippen molar-refractivity contribution in [1.29, 1.82) is 0 Å². The average molecular weight is 637 g/mol. The van der Waals surface area contributed by atoms with Crippen LogP contribution in [0.3, 0.4) is 0 Å². The van der Waals surface area contributed by atoms with Crippen molar-refractivity contribution < 1.29 is 38.7 Å². The van der Waals surface area contributed by atoms with Crippen molar-refractivity contribution in [2.45, 2.75) is 103 Å². The number of aliphatic hydroxyl groups excluding tert-OH is 2. The Balaban J connectivity index is 1.11. The van der Waals surface area contributed by atoms with Gasteiger partial charge < -0.3 is 29.2 Å². The van der Waals surface area contributed by atoms with E-state index < -0.39 is 24.0 Å². The lowest BCUT2D eigenvalue weighted by atomic mass is 9.74. The number of carbonyl (C=O) groups is 2. The molecule has 0 saturated heterocycles. The van der Waals surface area contributed by atoms with E-state index in [1.807, 2.05) is 60.7 Å². The molecule has 46 heavy (non-hydrogen) atoms. The first-order valence-corrected chi connectivity index (χ1v) is 17.3. The highest BCUT2D eigenvalue weighted by Gasteiger charge is 2.43. The van der Waals surface area contributed by atoms with E-state index in [-0.39, 0.29) is 61.0 Å². The smallest absolute Gasteiger partial charge is 0.311 e. The minimum Gasteiger partial charge on any atom is -0.461 e. The Morgan fingerprint density at radius 1 is 0.630 bits per heavy atom. The molecule has 3 saturated carbocycles. The Hall–Kier alpha value is -2.78. The van der Waals surface area contributed by atoms with Gasteiger partial charge in [0.15, 0.2) is 0 Å². The van der Waals surface area contributed by atoms with Gasteiger partial charge in [0.05, 0.1) is 49.5 Å².